The Morgan fingerprint density at radius 3 is 2.52 bits per heavy atom. The van der Waals surface area contributed by atoms with Gasteiger partial charge in [-0.25, -0.2) is 4.98 Å². The number of hydrogen-bond donors (Lipinski definition) is 1. The van der Waals surface area contributed by atoms with Crippen LogP contribution < -0.4 is 15.4 Å². The van der Waals surface area contributed by atoms with Gasteiger partial charge in [0.2, 0.25) is 5.91 Å². The van der Waals surface area contributed by atoms with Crippen LogP contribution in [0.15, 0.2) is 65.6 Å². The van der Waals surface area contributed by atoms with Crippen molar-refractivity contribution in [3.63, 3.8) is 0 Å². The summed E-state index contributed by atoms with van der Waals surface area (Å²) in [6.45, 7) is 7.23. The number of benzene rings is 2. The minimum atomic E-state index is -0.105. The van der Waals surface area contributed by atoms with Crippen LogP contribution in [-0.4, -0.2) is 109 Å². The highest BCUT2D eigenvalue weighted by Gasteiger charge is 2.22. The smallest absolute Gasteiger partial charge is 0.259 e. The molecule has 2 aromatic carbocycles. The number of carbonyl (C=O) groups is 1. The first-order valence-electron chi connectivity index (χ1n) is 15.1. The molecule has 3 aromatic heterocycles. The highest BCUT2D eigenvalue weighted by Crippen LogP contribution is 2.41. The highest BCUT2D eigenvalue weighted by molar-refractivity contribution is 7.26. The number of rotatable bonds is 7. The molecule has 2 saturated heterocycles. The quantitative estimate of drug-likeness (QED) is 0.300. The predicted molar refractivity (Wildman–Crippen MR) is 176 cm³/mol. The number of thiophene rings is 1. The van der Waals surface area contributed by atoms with Gasteiger partial charge in [-0.3, -0.25) is 23.8 Å². The summed E-state index contributed by atoms with van der Waals surface area (Å²) >= 11 is 1.71. The molecule has 0 bridgehead atoms. The zero-order valence-corrected chi connectivity index (χ0v) is 25.6. The van der Waals surface area contributed by atoms with E-state index in [0.29, 0.717) is 50.9 Å². The van der Waals surface area contributed by atoms with Gasteiger partial charge in [0.1, 0.15) is 11.5 Å². The maximum absolute atomic E-state index is 13.3. The second-order valence-corrected chi connectivity index (χ2v) is 12.5. The summed E-state index contributed by atoms with van der Waals surface area (Å²) in [4.78, 5) is 39.7. The zero-order chi connectivity index (χ0) is 30.2. The van der Waals surface area contributed by atoms with Crippen LogP contribution in [0.1, 0.15) is 0 Å². The van der Waals surface area contributed by atoms with Gasteiger partial charge in [-0.05, 0) is 30.3 Å². The van der Waals surface area contributed by atoms with Crippen LogP contribution in [0.5, 0.6) is 0 Å². The van der Waals surface area contributed by atoms with Crippen molar-refractivity contribution in [1.82, 2.24) is 19.2 Å². The molecule has 0 unspecified atom stereocenters. The van der Waals surface area contributed by atoms with E-state index in [1.54, 1.807) is 32.9 Å². The number of anilines is 2. The van der Waals surface area contributed by atoms with E-state index in [-0.39, 0.29) is 18.1 Å². The second kappa shape index (κ2) is 12.3. The summed E-state index contributed by atoms with van der Waals surface area (Å²) in [7, 11) is 1.84. The van der Waals surface area contributed by atoms with Crippen LogP contribution in [0.4, 0.5) is 11.5 Å². The summed E-state index contributed by atoms with van der Waals surface area (Å²) in [5.41, 5.74) is 3.32. The lowest BCUT2D eigenvalue weighted by Gasteiger charge is -2.34. The number of fused-ring (bicyclic) bond motifs is 4. The van der Waals surface area contributed by atoms with Crippen LogP contribution in [0, 0.1) is 0 Å². The van der Waals surface area contributed by atoms with E-state index in [1.165, 1.54) is 0 Å². The number of aromatic nitrogens is 2. The Morgan fingerprint density at radius 2 is 1.73 bits per heavy atom. The number of nitrogens with zero attached hydrogens (tertiary/aromatic N) is 6. The molecule has 5 aromatic rings. The van der Waals surface area contributed by atoms with E-state index in [1.807, 2.05) is 25.2 Å². The minimum Gasteiger partial charge on any atom is -0.395 e. The summed E-state index contributed by atoms with van der Waals surface area (Å²) < 4.78 is 9.38. The Hall–Kier alpha value is -3.87. The molecule has 11 heteroatoms. The molecule has 1 amide bonds. The third kappa shape index (κ3) is 5.46. The van der Waals surface area contributed by atoms with Crippen molar-refractivity contribution in [3.05, 3.63) is 71.1 Å². The molecule has 0 aliphatic carbocycles. The highest BCUT2D eigenvalue weighted by atomic mass is 32.1. The fourth-order valence-corrected chi connectivity index (χ4v) is 7.45. The second-order valence-electron chi connectivity index (χ2n) is 11.4. The zero-order valence-electron chi connectivity index (χ0n) is 24.8. The predicted octanol–water partition coefficient (Wildman–Crippen LogP) is 3.14. The number of aliphatic hydroxyl groups excluding tert-OH is 1. The first-order valence-corrected chi connectivity index (χ1v) is 15.9. The number of β-amino-alcohol motifs (C(OH)–C–C–N with tert-alkyl or cyclic N) is 1. The molecule has 44 heavy (non-hydrogen) atoms. The molecular formula is C33H36N6O4S. The van der Waals surface area contributed by atoms with Gasteiger partial charge in [0, 0.05) is 102 Å². The van der Waals surface area contributed by atoms with E-state index in [2.05, 4.69) is 45.0 Å². The molecule has 2 fully saturated rings. The van der Waals surface area contributed by atoms with E-state index in [4.69, 9.17) is 9.72 Å². The number of pyridine rings is 1. The maximum atomic E-state index is 13.3. The average molecular weight is 613 g/mol. The summed E-state index contributed by atoms with van der Waals surface area (Å²) in [6, 6.07) is 18.0. The first-order chi connectivity index (χ1) is 21.5. The van der Waals surface area contributed by atoms with Gasteiger partial charge in [0.05, 0.1) is 26.4 Å². The number of ether oxygens (including phenoxy) is 1. The van der Waals surface area contributed by atoms with Crippen molar-refractivity contribution in [1.29, 1.82) is 0 Å². The number of aliphatic hydroxyl groups is 1. The lowest BCUT2D eigenvalue weighted by molar-refractivity contribution is -0.119. The molecule has 2 aliphatic heterocycles. The SMILES string of the molecule is CN(C(=O)CN1CCN(CCO)CC1)c1ccc2sc3c(-c4cccn5c(=O)cc(N6CCOCC6)nc45)cccc3c2c1. The molecule has 1 N–H and O–H groups in total. The van der Waals surface area contributed by atoms with Gasteiger partial charge in [0.25, 0.3) is 5.56 Å². The molecule has 7 rings (SSSR count). The van der Waals surface area contributed by atoms with Crippen LogP contribution >= 0.6 is 11.3 Å². The third-order valence-electron chi connectivity index (χ3n) is 8.78. The van der Waals surface area contributed by atoms with E-state index >= 15 is 0 Å². The molecule has 0 spiro atoms. The van der Waals surface area contributed by atoms with Crippen LogP contribution in [0.25, 0.3) is 36.9 Å². The van der Waals surface area contributed by atoms with Crippen LogP contribution in [0.2, 0.25) is 0 Å². The van der Waals surface area contributed by atoms with Gasteiger partial charge in [-0.2, -0.15) is 0 Å². The van der Waals surface area contributed by atoms with Gasteiger partial charge in [0.15, 0.2) is 0 Å². The van der Waals surface area contributed by atoms with Crippen molar-refractivity contribution in [2.75, 3.05) is 89.0 Å². The van der Waals surface area contributed by atoms with Crippen molar-refractivity contribution in [3.8, 4) is 11.1 Å². The standard InChI is InChI=1S/C33H36N6O4S/c1-35(31(42)22-37-12-10-36(11-13-37)14-17-40)23-7-8-28-27(20-23)25-5-2-4-24(32(25)44-28)26-6-3-9-39-30(41)21-29(34-33(26)39)38-15-18-43-19-16-38/h2-9,20-21,40H,10-19,22H2,1H3. The summed E-state index contributed by atoms with van der Waals surface area (Å²) in [6.07, 6.45) is 1.77. The lowest BCUT2D eigenvalue weighted by Crippen LogP contribution is -2.50. The van der Waals surface area contributed by atoms with Crippen molar-refractivity contribution < 1.29 is 14.6 Å². The van der Waals surface area contributed by atoms with E-state index in [0.717, 1.165) is 63.2 Å². The summed E-state index contributed by atoms with van der Waals surface area (Å²) in [5.74, 6) is 0.738. The van der Waals surface area contributed by atoms with E-state index in [9.17, 15) is 14.7 Å². The Morgan fingerprint density at radius 1 is 0.955 bits per heavy atom. The number of amides is 1. The Kier molecular flexibility index (Phi) is 8.04. The van der Waals surface area contributed by atoms with Crippen molar-refractivity contribution in [2.24, 2.45) is 0 Å². The number of likely N-dealkylation sites (N-methyl/N-ethyl adjacent to an activating group) is 1. The van der Waals surface area contributed by atoms with Crippen molar-refractivity contribution >= 4 is 54.6 Å². The molecule has 228 valence electrons. The normalized spacial score (nSPS) is 16.7. The first kappa shape index (κ1) is 28.9. The molecule has 0 atom stereocenters. The summed E-state index contributed by atoms with van der Waals surface area (Å²) in [5, 5.41) is 11.4. The molecule has 10 nitrogen and oxygen atoms in total. The molecular weight excluding hydrogens is 576 g/mol. The van der Waals surface area contributed by atoms with Crippen molar-refractivity contribution in [2.45, 2.75) is 0 Å². The van der Waals surface area contributed by atoms with Crippen LogP contribution in [0.3, 0.4) is 0 Å². The Balaban J connectivity index is 1.21. The Bertz CT molecular complexity index is 1890. The van der Waals surface area contributed by atoms with Gasteiger partial charge in [-0.15, -0.1) is 11.3 Å². The minimum absolute atomic E-state index is 0.0588. The van der Waals surface area contributed by atoms with Crippen LogP contribution in [-0.2, 0) is 9.53 Å². The molecule has 0 radical (unpaired) electrons. The van der Waals surface area contributed by atoms with Gasteiger partial charge < -0.3 is 19.6 Å². The van der Waals surface area contributed by atoms with Gasteiger partial charge >= 0.3 is 0 Å². The van der Waals surface area contributed by atoms with E-state index < -0.39 is 0 Å². The number of carbonyl (C=O) groups excluding carboxylic acids is 1. The monoisotopic (exact) mass is 612 g/mol. The number of piperazine rings is 1. The number of hydrogen-bond acceptors (Lipinski definition) is 9. The lowest BCUT2D eigenvalue weighted by atomic mass is 10.0. The largest absolute Gasteiger partial charge is 0.395 e. The fraction of sp³-hybridized carbons (Fsp3) is 0.364. The molecule has 0 saturated carbocycles. The topological polar surface area (TPSA) is 93.9 Å². The number of morpholine rings is 1. The molecule has 2 aliphatic rings. The average Bonchev–Trinajstić information content (AvgIpc) is 3.44. The Labute approximate surface area is 259 Å². The van der Waals surface area contributed by atoms with Gasteiger partial charge in [-0.1, -0.05) is 18.2 Å². The maximum Gasteiger partial charge on any atom is 0.259 e. The molecule has 5 heterocycles. The fourth-order valence-electron chi connectivity index (χ4n) is 6.24. The third-order valence-corrected chi connectivity index (χ3v) is 10.0.